The number of rotatable bonds is 3. The Labute approximate surface area is 112 Å². The molecule has 1 aliphatic rings. The topological polar surface area (TPSA) is 62.1 Å². The van der Waals surface area contributed by atoms with E-state index in [4.69, 9.17) is 10.00 Å². The van der Waals surface area contributed by atoms with E-state index in [0.29, 0.717) is 11.6 Å². The number of hydrogen-bond acceptors (Lipinski definition) is 3. The molecular formula is C15H14N2O2. The van der Waals surface area contributed by atoms with Gasteiger partial charge in [0, 0.05) is 17.2 Å². The van der Waals surface area contributed by atoms with Crippen LogP contribution in [0.4, 0.5) is 10.5 Å². The van der Waals surface area contributed by atoms with Gasteiger partial charge in [0.25, 0.3) is 0 Å². The van der Waals surface area contributed by atoms with Crippen LogP contribution in [0.2, 0.25) is 0 Å². The number of amides is 1. The first-order valence-corrected chi connectivity index (χ1v) is 6.17. The molecule has 0 unspecified atom stereocenters. The van der Waals surface area contributed by atoms with Gasteiger partial charge in [0.1, 0.15) is 6.10 Å². The van der Waals surface area contributed by atoms with Gasteiger partial charge in [-0.1, -0.05) is 5.92 Å². The average Bonchev–Trinajstić information content (AvgIpc) is 3.22. The molecule has 1 aromatic carbocycles. The number of nitrogens with one attached hydrogen (secondary N) is 1. The summed E-state index contributed by atoms with van der Waals surface area (Å²) in [4.78, 5) is 11.6. The Morgan fingerprint density at radius 2 is 2.11 bits per heavy atom. The van der Waals surface area contributed by atoms with Gasteiger partial charge in [-0.25, -0.2) is 4.79 Å². The molecule has 19 heavy (non-hydrogen) atoms. The standard InChI is InChI=1S/C15H14N2O2/c1-11(13-6-7-13)19-15(18)17-14-8-4-12(5-9-14)3-2-10-16/h4-5,8-9,11,13H,6-7H2,1H3,(H,17,18)/t11-/m1/s1. The second-order valence-electron chi connectivity index (χ2n) is 4.51. The summed E-state index contributed by atoms with van der Waals surface area (Å²) >= 11 is 0. The monoisotopic (exact) mass is 254 g/mol. The quantitative estimate of drug-likeness (QED) is 0.843. The molecule has 1 N–H and O–H groups in total. The number of anilines is 1. The number of nitriles is 1. The van der Waals surface area contributed by atoms with Crippen molar-refractivity contribution in [3.63, 3.8) is 0 Å². The lowest BCUT2D eigenvalue weighted by Crippen LogP contribution is -2.21. The van der Waals surface area contributed by atoms with Gasteiger partial charge in [-0.05, 0) is 49.9 Å². The van der Waals surface area contributed by atoms with E-state index in [9.17, 15) is 4.79 Å². The van der Waals surface area contributed by atoms with Gasteiger partial charge in [-0.2, -0.15) is 5.26 Å². The summed E-state index contributed by atoms with van der Waals surface area (Å²) in [6, 6.07) is 8.68. The molecule has 0 saturated heterocycles. The summed E-state index contributed by atoms with van der Waals surface area (Å²) in [6.07, 6.45) is 1.82. The van der Waals surface area contributed by atoms with Crippen molar-refractivity contribution in [3.05, 3.63) is 29.8 Å². The first-order chi connectivity index (χ1) is 9.19. The lowest BCUT2D eigenvalue weighted by atomic mass is 10.2. The summed E-state index contributed by atoms with van der Waals surface area (Å²) in [7, 11) is 0. The fraction of sp³-hybridized carbons (Fsp3) is 0.333. The van der Waals surface area contributed by atoms with Crippen molar-refractivity contribution in [3.8, 4) is 17.9 Å². The molecule has 96 valence electrons. The molecule has 0 bridgehead atoms. The SMILES string of the molecule is C[C@@H](OC(=O)Nc1ccc(C#CC#N)cc1)C1CC1. The van der Waals surface area contributed by atoms with Crippen LogP contribution in [0.25, 0.3) is 0 Å². The number of carbonyl (C=O) groups excluding carboxylic acids is 1. The second-order valence-corrected chi connectivity index (χ2v) is 4.51. The third-order valence-electron chi connectivity index (χ3n) is 2.97. The zero-order valence-electron chi connectivity index (χ0n) is 10.6. The highest BCUT2D eigenvalue weighted by atomic mass is 16.6. The molecule has 4 heteroatoms. The van der Waals surface area contributed by atoms with E-state index in [0.717, 1.165) is 18.4 Å². The van der Waals surface area contributed by atoms with E-state index in [1.807, 2.05) is 6.92 Å². The van der Waals surface area contributed by atoms with Gasteiger partial charge in [0.15, 0.2) is 6.07 Å². The Morgan fingerprint density at radius 3 is 2.68 bits per heavy atom. The Morgan fingerprint density at radius 1 is 1.42 bits per heavy atom. The molecule has 0 spiro atoms. The molecule has 1 aliphatic carbocycles. The number of nitrogens with zero attached hydrogens (tertiary/aromatic N) is 1. The molecule has 0 radical (unpaired) electrons. The first-order valence-electron chi connectivity index (χ1n) is 6.17. The van der Waals surface area contributed by atoms with Crippen LogP contribution in [-0.4, -0.2) is 12.2 Å². The van der Waals surface area contributed by atoms with Crippen LogP contribution in [0.5, 0.6) is 0 Å². The van der Waals surface area contributed by atoms with Crippen LogP contribution in [0.3, 0.4) is 0 Å². The lowest BCUT2D eigenvalue weighted by Gasteiger charge is -2.12. The Balaban J connectivity index is 1.88. The highest BCUT2D eigenvalue weighted by Gasteiger charge is 2.30. The van der Waals surface area contributed by atoms with E-state index in [2.05, 4.69) is 17.2 Å². The maximum atomic E-state index is 11.6. The van der Waals surface area contributed by atoms with Gasteiger partial charge in [0.05, 0.1) is 0 Å². The van der Waals surface area contributed by atoms with Crippen LogP contribution in [0.15, 0.2) is 24.3 Å². The van der Waals surface area contributed by atoms with E-state index in [1.165, 1.54) is 0 Å². The predicted molar refractivity (Wildman–Crippen MR) is 71.2 cm³/mol. The fourth-order valence-electron chi connectivity index (χ4n) is 1.72. The zero-order chi connectivity index (χ0) is 13.7. The van der Waals surface area contributed by atoms with Crippen LogP contribution in [0, 0.1) is 29.1 Å². The highest BCUT2D eigenvalue weighted by molar-refractivity contribution is 5.84. The lowest BCUT2D eigenvalue weighted by molar-refractivity contribution is 0.108. The molecule has 4 nitrogen and oxygen atoms in total. The van der Waals surface area contributed by atoms with Crippen molar-refractivity contribution < 1.29 is 9.53 Å². The van der Waals surface area contributed by atoms with E-state index < -0.39 is 6.09 Å². The van der Waals surface area contributed by atoms with Crippen molar-refractivity contribution in [2.24, 2.45) is 5.92 Å². The molecule has 1 amide bonds. The van der Waals surface area contributed by atoms with Crippen molar-refractivity contribution in [1.29, 1.82) is 5.26 Å². The molecule has 1 atom stereocenters. The van der Waals surface area contributed by atoms with Crippen LogP contribution in [-0.2, 0) is 4.74 Å². The normalized spacial score (nSPS) is 14.5. The largest absolute Gasteiger partial charge is 0.446 e. The van der Waals surface area contributed by atoms with Crippen LogP contribution >= 0.6 is 0 Å². The molecule has 2 rings (SSSR count). The first kappa shape index (κ1) is 13.0. The van der Waals surface area contributed by atoms with E-state index >= 15 is 0 Å². The minimum atomic E-state index is -0.435. The summed E-state index contributed by atoms with van der Waals surface area (Å²) in [6.45, 7) is 1.91. The summed E-state index contributed by atoms with van der Waals surface area (Å²) in [5.74, 6) is 5.51. The predicted octanol–water partition coefficient (Wildman–Crippen LogP) is 2.91. The van der Waals surface area contributed by atoms with E-state index in [1.54, 1.807) is 30.3 Å². The minimum absolute atomic E-state index is 0.0271. The van der Waals surface area contributed by atoms with Gasteiger partial charge < -0.3 is 4.74 Å². The maximum absolute atomic E-state index is 11.6. The molecule has 1 saturated carbocycles. The second kappa shape index (κ2) is 5.93. The smallest absolute Gasteiger partial charge is 0.411 e. The third kappa shape index (κ3) is 4.04. The van der Waals surface area contributed by atoms with Crippen molar-refractivity contribution in [2.75, 3.05) is 5.32 Å². The molecule has 0 aromatic heterocycles. The highest BCUT2D eigenvalue weighted by Crippen LogP contribution is 2.34. The molecular weight excluding hydrogens is 240 g/mol. The number of hydrogen-bond donors (Lipinski definition) is 1. The molecule has 1 fully saturated rings. The third-order valence-corrected chi connectivity index (χ3v) is 2.97. The van der Waals surface area contributed by atoms with Crippen molar-refractivity contribution in [1.82, 2.24) is 0 Å². The fourth-order valence-corrected chi connectivity index (χ4v) is 1.72. The Bertz CT molecular complexity index is 557. The van der Waals surface area contributed by atoms with Crippen LogP contribution < -0.4 is 5.32 Å². The van der Waals surface area contributed by atoms with Crippen molar-refractivity contribution in [2.45, 2.75) is 25.9 Å². The molecule has 1 aromatic rings. The van der Waals surface area contributed by atoms with Crippen LogP contribution in [0.1, 0.15) is 25.3 Å². The van der Waals surface area contributed by atoms with Crippen molar-refractivity contribution >= 4 is 11.8 Å². The molecule has 0 heterocycles. The summed E-state index contributed by atoms with van der Waals surface area (Å²) in [5, 5.41) is 11.0. The van der Waals surface area contributed by atoms with Gasteiger partial charge >= 0.3 is 6.09 Å². The van der Waals surface area contributed by atoms with Gasteiger partial charge in [-0.15, -0.1) is 0 Å². The summed E-state index contributed by atoms with van der Waals surface area (Å²) in [5.41, 5.74) is 1.38. The number of benzene rings is 1. The molecule has 0 aliphatic heterocycles. The van der Waals surface area contributed by atoms with E-state index in [-0.39, 0.29) is 6.10 Å². The Kier molecular flexibility index (Phi) is 4.05. The zero-order valence-corrected chi connectivity index (χ0v) is 10.6. The van der Waals surface area contributed by atoms with Gasteiger partial charge in [-0.3, -0.25) is 5.32 Å². The number of ether oxygens (including phenoxy) is 1. The Hall–Kier alpha value is -2.46. The van der Waals surface area contributed by atoms with Gasteiger partial charge in [0.2, 0.25) is 0 Å². The number of carbonyl (C=O) groups is 1. The average molecular weight is 254 g/mol. The summed E-state index contributed by atoms with van der Waals surface area (Å²) < 4.78 is 5.25. The minimum Gasteiger partial charge on any atom is -0.446 e. The maximum Gasteiger partial charge on any atom is 0.411 e.